The molecular formula is C15H14Cl3N4O+. The number of benzene rings is 1. The van der Waals surface area contributed by atoms with E-state index in [9.17, 15) is 4.79 Å². The van der Waals surface area contributed by atoms with E-state index in [0.717, 1.165) is 5.56 Å². The fourth-order valence-electron chi connectivity index (χ4n) is 1.83. The van der Waals surface area contributed by atoms with Crippen molar-refractivity contribution in [2.75, 3.05) is 5.73 Å². The number of halogens is 3. The van der Waals surface area contributed by atoms with E-state index in [4.69, 9.17) is 40.5 Å². The van der Waals surface area contributed by atoms with Gasteiger partial charge in [-0.25, -0.2) is 5.43 Å². The topological polar surface area (TPSA) is 81.6 Å². The monoisotopic (exact) mass is 371 g/mol. The highest BCUT2D eigenvalue weighted by Gasteiger charge is 2.25. The number of H-pyrrole nitrogens is 1. The Kier molecular flexibility index (Phi) is 5.82. The van der Waals surface area contributed by atoms with Crippen molar-refractivity contribution in [3.8, 4) is 0 Å². The second-order valence-corrected chi connectivity index (χ2v) is 5.91. The van der Waals surface area contributed by atoms with Crippen LogP contribution in [0.2, 0.25) is 15.2 Å². The van der Waals surface area contributed by atoms with Gasteiger partial charge in [0, 0.05) is 12.1 Å². The zero-order chi connectivity index (χ0) is 17.0. The number of nitrogen functional groups attached to an aromatic ring is 1. The molecule has 23 heavy (non-hydrogen) atoms. The second-order valence-electron chi connectivity index (χ2n) is 4.77. The molecule has 1 atom stereocenters. The summed E-state index contributed by atoms with van der Waals surface area (Å²) in [4.78, 5) is 14.7. The van der Waals surface area contributed by atoms with Crippen molar-refractivity contribution < 1.29 is 9.78 Å². The lowest BCUT2D eigenvalue weighted by Crippen LogP contribution is -2.28. The molecule has 1 aromatic heterocycles. The zero-order valence-corrected chi connectivity index (χ0v) is 14.4. The van der Waals surface area contributed by atoms with Gasteiger partial charge in [0.05, 0.1) is 5.69 Å². The number of nitrogens with two attached hydrogens (primary N) is 1. The lowest BCUT2D eigenvalue weighted by Gasteiger charge is -2.05. The van der Waals surface area contributed by atoms with Gasteiger partial charge in [0.25, 0.3) is 10.8 Å². The van der Waals surface area contributed by atoms with Crippen LogP contribution in [0.5, 0.6) is 0 Å². The number of rotatable bonds is 4. The number of carbonyl (C=O) groups excluding carboxylic acids is 1. The van der Waals surface area contributed by atoms with Gasteiger partial charge >= 0.3 is 5.91 Å². The quantitative estimate of drug-likeness (QED) is 0.489. The third-order valence-corrected chi connectivity index (χ3v) is 4.30. The summed E-state index contributed by atoms with van der Waals surface area (Å²) in [5.41, 5.74) is 9.16. The molecule has 0 spiro atoms. The van der Waals surface area contributed by atoms with Gasteiger partial charge in [-0.2, -0.15) is 10.1 Å². The average Bonchev–Trinajstić information content (AvgIpc) is 2.56. The molecule has 120 valence electrons. The van der Waals surface area contributed by atoms with Gasteiger partial charge in [-0.3, -0.25) is 4.79 Å². The number of hydrogen-bond acceptors (Lipinski definition) is 3. The van der Waals surface area contributed by atoms with Gasteiger partial charge < -0.3 is 5.73 Å². The van der Waals surface area contributed by atoms with E-state index in [2.05, 4.69) is 15.5 Å². The molecule has 2 rings (SSSR count). The summed E-state index contributed by atoms with van der Waals surface area (Å²) in [6, 6.07) is 9.75. The summed E-state index contributed by atoms with van der Waals surface area (Å²) < 4.78 is 0. The number of nitrogens with one attached hydrogen (secondary N) is 2. The number of hydrazone groups is 1. The predicted molar refractivity (Wildman–Crippen MR) is 93.3 cm³/mol. The molecule has 0 fully saturated rings. The van der Waals surface area contributed by atoms with E-state index in [0.29, 0.717) is 0 Å². The third kappa shape index (κ3) is 4.13. The van der Waals surface area contributed by atoms with E-state index >= 15 is 0 Å². The molecule has 0 aliphatic heterocycles. The predicted octanol–water partition coefficient (Wildman–Crippen LogP) is 3.56. The molecule has 5 nitrogen and oxygen atoms in total. The Bertz CT molecular complexity index is 750. The van der Waals surface area contributed by atoms with Crippen LogP contribution in [0.15, 0.2) is 35.4 Å². The number of aromatic amines is 1. The number of amides is 1. The van der Waals surface area contributed by atoms with Crippen LogP contribution in [0.4, 0.5) is 5.69 Å². The minimum atomic E-state index is -0.572. The summed E-state index contributed by atoms with van der Waals surface area (Å²) in [5, 5.41) is 4.01. The first-order chi connectivity index (χ1) is 10.9. The van der Waals surface area contributed by atoms with Crippen LogP contribution in [-0.4, -0.2) is 12.1 Å². The highest BCUT2D eigenvalue weighted by atomic mass is 35.5. The molecule has 1 aromatic carbocycles. The first kappa shape index (κ1) is 17.5. The fourth-order valence-corrected chi connectivity index (χ4v) is 2.45. The van der Waals surface area contributed by atoms with E-state index in [1.165, 1.54) is 0 Å². The van der Waals surface area contributed by atoms with Crippen molar-refractivity contribution in [1.29, 1.82) is 0 Å². The van der Waals surface area contributed by atoms with Crippen molar-refractivity contribution in [2.45, 2.75) is 12.8 Å². The van der Waals surface area contributed by atoms with E-state index < -0.39 is 5.91 Å². The van der Waals surface area contributed by atoms with Crippen molar-refractivity contribution in [3.05, 3.63) is 56.8 Å². The van der Waals surface area contributed by atoms with E-state index in [1.807, 2.05) is 37.3 Å². The average molecular weight is 373 g/mol. The van der Waals surface area contributed by atoms with Crippen LogP contribution in [0, 0.1) is 0 Å². The summed E-state index contributed by atoms with van der Waals surface area (Å²) in [6.07, 6.45) is 1.61. The van der Waals surface area contributed by atoms with Crippen LogP contribution >= 0.6 is 34.8 Å². The highest BCUT2D eigenvalue weighted by Crippen LogP contribution is 2.31. The van der Waals surface area contributed by atoms with E-state index in [-0.39, 0.29) is 32.5 Å². The molecule has 1 amide bonds. The lowest BCUT2D eigenvalue weighted by atomic mass is 10.0. The molecule has 0 radical (unpaired) electrons. The van der Waals surface area contributed by atoms with Crippen molar-refractivity contribution in [1.82, 2.24) is 5.43 Å². The number of nitrogens with zero attached hydrogens (tertiary/aromatic N) is 1. The Balaban J connectivity index is 2.10. The SMILES string of the molecule is C[C@H](/C=N\NC(=O)c1[nH+]c(Cl)c(Cl)c(N)c1Cl)c1ccccc1. The molecule has 8 heteroatoms. The maximum absolute atomic E-state index is 12.1. The smallest absolute Gasteiger partial charge is 0.337 e. The van der Waals surface area contributed by atoms with Gasteiger partial charge in [0.1, 0.15) is 10.0 Å². The van der Waals surface area contributed by atoms with Gasteiger partial charge in [0.2, 0.25) is 0 Å². The number of anilines is 1. The molecule has 4 N–H and O–H groups in total. The molecule has 1 heterocycles. The summed E-state index contributed by atoms with van der Waals surface area (Å²) >= 11 is 17.7. The van der Waals surface area contributed by atoms with Crippen molar-refractivity contribution in [2.24, 2.45) is 5.10 Å². The number of hydrogen-bond donors (Lipinski definition) is 2. The van der Waals surface area contributed by atoms with Crippen LogP contribution < -0.4 is 16.1 Å². The van der Waals surface area contributed by atoms with Crippen LogP contribution in [-0.2, 0) is 0 Å². The minimum Gasteiger partial charge on any atom is -0.396 e. The fraction of sp³-hybridized carbons (Fsp3) is 0.133. The summed E-state index contributed by atoms with van der Waals surface area (Å²) in [5.74, 6) is -0.536. The standard InChI is InChI=1S/C15H13Cl3N4O/c1-8(9-5-3-2-4-6-9)7-20-22-15(23)13-10(16)12(19)11(17)14(18)21-13/h2-8H,1H3,(H2,19,21)(H,22,23)/p+1/b20-7-/t8-/m1/s1. The molecular weight excluding hydrogens is 359 g/mol. The van der Waals surface area contributed by atoms with Crippen molar-refractivity contribution in [3.63, 3.8) is 0 Å². The van der Waals surface area contributed by atoms with Crippen LogP contribution in [0.25, 0.3) is 0 Å². The highest BCUT2D eigenvalue weighted by molar-refractivity contribution is 6.45. The number of aromatic nitrogens is 1. The number of pyridine rings is 1. The Morgan fingerprint density at radius 1 is 1.26 bits per heavy atom. The zero-order valence-electron chi connectivity index (χ0n) is 12.1. The Morgan fingerprint density at radius 3 is 2.57 bits per heavy atom. The second kappa shape index (κ2) is 7.64. The first-order valence-corrected chi connectivity index (χ1v) is 7.79. The molecule has 0 aliphatic carbocycles. The molecule has 2 aromatic rings. The minimum absolute atomic E-state index is 0.0109. The first-order valence-electron chi connectivity index (χ1n) is 6.65. The van der Waals surface area contributed by atoms with Gasteiger partial charge in [0.15, 0.2) is 0 Å². The van der Waals surface area contributed by atoms with E-state index in [1.54, 1.807) is 6.21 Å². The molecule has 0 unspecified atom stereocenters. The Morgan fingerprint density at radius 2 is 1.91 bits per heavy atom. The maximum atomic E-state index is 12.1. The number of carbonyl (C=O) groups is 1. The Labute approximate surface area is 148 Å². The normalized spacial score (nSPS) is 12.3. The van der Waals surface area contributed by atoms with Crippen LogP contribution in [0.1, 0.15) is 28.9 Å². The van der Waals surface area contributed by atoms with Gasteiger partial charge in [-0.1, -0.05) is 60.5 Å². The third-order valence-electron chi connectivity index (χ3n) is 3.14. The van der Waals surface area contributed by atoms with Gasteiger partial charge in [-0.15, -0.1) is 0 Å². The molecule has 0 bridgehead atoms. The summed E-state index contributed by atoms with van der Waals surface area (Å²) in [6.45, 7) is 1.96. The molecule has 0 aliphatic rings. The molecule has 0 saturated carbocycles. The summed E-state index contributed by atoms with van der Waals surface area (Å²) in [7, 11) is 0. The Hall–Kier alpha value is -1.82. The van der Waals surface area contributed by atoms with Gasteiger partial charge in [-0.05, 0) is 17.2 Å². The van der Waals surface area contributed by atoms with Crippen molar-refractivity contribution >= 4 is 52.6 Å². The van der Waals surface area contributed by atoms with Crippen LogP contribution in [0.3, 0.4) is 0 Å². The lowest BCUT2D eigenvalue weighted by molar-refractivity contribution is -0.379. The molecule has 0 saturated heterocycles. The largest absolute Gasteiger partial charge is 0.396 e. The maximum Gasteiger partial charge on any atom is 0.337 e.